The smallest absolute Gasteiger partial charge is 0.326 e. The largest absolute Gasteiger partial charge is 0.480 e. The fourth-order valence-corrected chi connectivity index (χ4v) is 1.62. The van der Waals surface area contributed by atoms with Gasteiger partial charge in [0.25, 0.3) is 5.91 Å². The average Bonchev–Trinajstić information content (AvgIpc) is 2.26. The number of amides is 2. The van der Waals surface area contributed by atoms with Gasteiger partial charge in [0.1, 0.15) is 6.04 Å². The fourth-order valence-electron chi connectivity index (χ4n) is 1.33. The van der Waals surface area contributed by atoms with E-state index in [1.807, 2.05) is 0 Å². The average molecular weight is 286 g/mol. The van der Waals surface area contributed by atoms with E-state index in [0.717, 1.165) is 0 Å². The molecule has 0 aliphatic carbocycles. The molecule has 102 valence electrons. The second-order valence-corrected chi connectivity index (χ2v) is 4.25. The molecule has 1 heterocycles. The Morgan fingerprint density at radius 1 is 1.53 bits per heavy atom. The Hall–Kier alpha value is -2.15. The Bertz CT molecular complexity index is 533. The second kappa shape index (κ2) is 6.14. The fraction of sp³-hybridized carbons (Fsp3) is 0.273. The van der Waals surface area contributed by atoms with Crippen LogP contribution in [0.15, 0.2) is 12.3 Å². The molecule has 4 N–H and O–H groups in total. The lowest BCUT2D eigenvalue weighted by molar-refractivity contribution is -0.140. The highest BCUT2D eigenvalue weighted by Gasteiger charge is 2.23. The predicted molar refractivity (Wildman–Crippen MR) is 66.7 cm³/mol. The summed E-state index contributed by atoms with van der Waals surface area (Å²) in [5.74, 6) is -2.92. The van der Waals surface area contributed by atoms with E-state index in [9.17, 15) is 14.4 Å². The summed E-state index contributed by atoms with van der Waals surface area (Å²) >= 11 is 5.85. The number of hydrogen-bond donors (Lipinski definition) is 3. The molecule has 0 spiro atoms. The Morgan fingerprint density at radius 3 is 2.63 bits per heavy atom. The first-order chi connectivity index (χ1) is 8.81. The molecule has 1 aromatic rings. The summed E-state index contributed by atoms with van der Waals surface area (Å²) in [6.07, 6.45) is 0.730. The monoisotopic (exact) mass is 285 g/mol. The number of carbonyl (C=O) groups excluding carboxylic acids is 2. The van der Waals surface area contributed by atoms with Crippen molar-refractivity contribution in [2.75, 3.05) is 0 Å². The third-order valence-corrected chi connectivity index (χ3v) is 2.56. The number of nitrogens with zero attached hydrogens (tertiary/aromatic N) is 1. The molecule has 0 aliphatic heterocycles. The van der Waals surface area contributed by atoms with Gasteiger partial charge in [-0.1, -0.05) is 11.6 Å². The van der Waals surface area contributed by atoms with Crippen molar-refractivity contribution >= 4 is 29.4 Å². The number of aliphatic carboxylic acids is 1. The maximum atomic E-state index is 11.8. The third-order valence-electron chi connectivity index (χ3n) is 2.24. The van der Waals surface area contributed by atoms with Crippen LogP contribution in [0.3, 0.4) is 0 Å². The third kappa shape index (κ3) is 4.22. The van der Waals surface area contributed by atoms with Gasteiger partial charge in [-0.3, -0.25) is 14.6 Å². The van der Waals surface area contributed by atoms with Crippen LogP contribution in [0, 0.1) is 6.92 Å². The number of nitrogens with two attached hydrogens (primary N) is 1. The van der Waals surface area contributed by atoms with E-state index in [1.165, 1.54) is 12.3 Å². The lowest BCUT2D eigenvalue weighted by atomic mass is 10.1. The van der Waals surface area contributed by atoms with Crippen LogP contribution in [0.4, 0.5) is 0 Å². The minimum absolute atomic E-state index is 0.0305. The molecule has 1 aromatic heterocycles. The van der Waals surface area contributed by atoms with Crippen molar-refractivity contribution in [1.29, 1.82) is 0 Å². The van der Waals surface area contributed by atoms with E-state index in [2.05, 4.69) is 10.3 Å². The van der Waals surface area contributed by atoms with Crippen molar-refractivity contribution in [3.63, 3.8) is 0 Å². The predicted octanol–water partition coefficient (Wildman–Crippen LogP) is 0.102. The Balaban J connectivity index is 2.87. The molecular weight excluding hydrogens is 274 g/mol. The first kappa shape index (κ1) is 14.9. The van der Waals surface area contributed by atoms with Crippen LogP contribution in [-0.4, -0.2) is 33.9 Å². The maximum Gasteiger partial charge on any atom is 0.326 e. The van der Waals surface area contributed by atoms with E-state index in [4.69, 9.17) is 22.4 Å². The quantitative estimate of drug-likeness (QED) is 0.708. The lowest BCUT2D eigenvalue weighted by Gasteiger charge is -2.13. The molecule has 0 radical (unpaired) electrons. The van der Waals surface area contributed by atoms with Crippen LogP contribution in [0.1, 0.15) is 22.5 Å². The summed E-state index contributed by atoms with van der Waals surface area (Å²) in [4.78, 5) is 37.3. The molecule has 8 heteroatoms. The van der Waals surface area contributed by atoms with Gasteiger partial charge in [0.2, 0.25) is 5.91 Å². The highest BCUT2D eigenvalue weighted by atomic mass is 35.5. The molecule has 7 nitrogen and oxygen atoms in total. The molecule has 0 aromatic carbocycles. The maximum absolute atomic E-state index is 11.8. The number of carboxylic acids is 1. The molecule has 0 saturated heterocycles. The highest BCUT2D eigenvalue weighted by molar-refractivity contribution is 6.33. The van der Waals surface area contributed by atoms with Gasteiger partial charge in [-0.05, 0) is 13.0 Å². The minimum Gasteiger partial charge on any atom is -0.480 e. The number of halogens is 1. The molecule has 0 bridgehead atoms. The van der Waals surface area contributed by atoms with Gasteiger partial charge in [0.05, 0.1) is 17.0 Å². The second-order valence-electron chi connectivity index (χ2n) is 3.84. The van der Waals surface area contributed by atoms with E-state index in [1.54, 1.807) is 6.92 Å². The van der Waals surface area contributed by atoms with Crippen LogP contribution < -0.4 is 11.1 Å². The van der Waals surface area contributed by atoms with Gasteiger partial charge in [-0.25, -0.2) is 4.79 Å². The van der Waals surface area contributed by atoms with Gasteiger partial charge in [0.15, 0.2) is 0 Å². The van der Waals surface area contributed by atoms with Crippen molar-refractivity contribution in [2.24, 2.45) is 5.73 Å². The van der Waals surface area contributed by atoms with Crippen molar-refractivity contribution in [1.82, 2.24) is 10.3 Å². The van der Waals surface area contributed by atoms with Crippen molar-refractivity contribution in [2.45, 2.75) is 19.4 Å². The first-order valence-corrected chi connectivity index (χ1v) is 5.63. The van der Waals surface area contributed by atoms with Crippen LogP contribution in [0.25, 0.3) is 0 Å². The van der Waals surface area contributed by atoms with E-state index < -0.39 is 30.2 Å². The summed E-state index contributed by atoms with van der Waals surface area (Å²) < 4.78 is 0. The van der Waals surface area contributed by atoms with Gasteiger partial charge < -0.3 is 16.2 Å². The Kier molecular flexibility index (Phi) is 4.82. The summed E-state index contributed by atoms with van der Waals surface area (Å²) in [6.45, 7) is 1.70. The molecule has 0 fully saturated rings. The summed E-state index contributed by atoms with van der Waals surface area (Å²) in [7, 11) is 0. The summed E-state index contributed by atoms with van der Waals surface area (Å²) in [6, 6.07) is 0.0720. The lowest BCUT2D eigenvalue weighted by Crippen LogP contribution is -2.43. The molecule has 0 saturated carbocycles. The van der Waals surface area contributed by atoms with Crippen molar-refractivity contribution in [3.8, 4) is 0 Å². The first-order valence-electron chi connectivity index (χ1n) is 5.25. The zero-order valence-electron chi connectivity index (χ0n) is 10.0. The number of pyridine rings is 1. The molecular formula is C11H12ClN3O4. The van der Waals surface area contributed by atoms with Crippen molar-refractivity contribution < 1.29 is 19.5 Å². The normalized spacial score (nSPS) is 11.7. The number of hydrogen-bond acceptors (Lipinski definition) is 4. The standard InChI is InChI=1S/C11H12ClN3O4/c1-5-2-7(12)6(4-14-5)10(17)15-8(11(18)19)3-9(13)16/h2,4,8H,3H2,1H3,(H2,13,16)(H,15,17)(H,18,19). The SMILES string of the molecule is Cc1cc(Cl)c(C(=O)NC(CC(N)=O)C(=O)O)cn1. The van der Waals surface area contributed by atoms with Crippen molar-refractivity contribution in [3.05, 3.63) is 28.5 Å². The number of aromatic nitrogens is 1. The summed E-state index contributed by atoms with van der Waals surface area (Å²) in [5.41, 5.74) is 5.55. The van der Waals surface area contributed by atoms with Gasteiger partial charge in [-0.2, -0.15) is 0 Å². The number of nitrogens with one attached hydrogen (secondary N) is 1. The number of rotatable bonds is 5. The van der Waals surface area contributed by atoms with Gasteiger partial charge in [-0.15, -0.1) is 0 Å². The topological polar surface area (TPSA) is 122 Å². The zero-order chi connectivity index (χ0) is 14.6. The Labute approximate surface area is 113 Å². The highest BCUT2D eigenvalue weighted by Crippen LogP contribution is 2.15. The molecule has 1 atom stereocenters. The zero-order valence-corrected chi connectivity index (χ0v) is 10.8. The Morgan fingerprint density at radius 2 is 2.16 bits per heavy atom. The molecule has 1 unspecified atom stereocenters. The van der Waals surface area contributed by atoms with Crippen LogP contribution in [0.5, 0.6) is 0 Å². The number of aryl methyl sites for hydroxylation is 1. The van der Waals surface area contributed by atoms with E-state index >= 15 is 0 Å². The van der Waals surface area contributed by atoms with Gasteiger partial charge in [0, 0.05) is 11.9 Å². The molecule has 0 aliphatic rings. The molecule has 2 amide bonds. The number of primary amides is 1. The number of carbonyl (C=O) groups is 3. The number of carboxylic acid groups (broad SMARTS) is 1. The summed E-state index contributed by atoms with van der Waals surface area (Å²) in [5, 5.41) is 11.2. The molecule has 1 rings (SSSR count). The van der Waals surface area contributed by atoms with Crippen LogP contribution in [0.2, 0.25) is 5.02 Å². The minimum atomic E-state index is -1.40. The molecule has 19 heavy (non-hydrogen) atoms. The van der Waals surface area contributed by atoms with E-state index in [0.29, 0.717) is 5.69 Å². The van der Waals surface area contributed by atoms with Crippen LogP contribution >= 0.6 is 11.6 Å². The van der Waals surface area contributed by atoms with Gasteiger partial charge >= 0.3 is 5.97 Å². The van der Waals surface area contributed by atoms with Crippen LogP contribution in [-0.2, 0) is 9.59 Å². The van der Waals surface area contributed by atoms with E-state index in [-0.39, 0.29) is 10.6 Å².